The van der Waals surface area contributed by atoms with E-state index in [0.29, 0.717) is 6.04 Å². The van der Waals surface area contributed by atoms with Gasteiger partial charge in [0, 0.05) is 36.6 Å². The summed E-state index contributed by atoms with van der Waals surface area (Å²) in [6, 6.07) is 4.73. The largest absolute Gasteiger partial charge is 0.314 e. The van der Waals surface area contributed by atoms with Crippen LogP contribution in [-0.4, -0.2) is 43.7 Å². The number of likely N-dealkylation sites (N-methyl/N-ethyl adjacent to an activating group) is 1. The predicted octanol–water partition coefficient (Wildman–Crippen LogP) is 2.45. The zero-order valence-electron chi connectivity index (χ0n) is 11.3. The van der Waals surface area contributed by atoms with E-state index in [1.54, 1.807) is 0 Å². The van der Waals surface area contributed by atoms with Crippen LogP contribution in [0.25, 0.3) is 0 Å². The molecule has 0 spiro atoms. The van der Waals surface area contributed by atoms with Gasteiger partial charge in [0.25, 0.3) is 0 Å². The van der Waals surface area contributed by atoms with Crippen molar-refractivity contribution in [2.24, 2.45) is 0 Å². The molecule has 1 saturated heterocycles. The highest BCUT2D eigenvalue weighted by atomic mass is 79.9. The molecule has 18 heavy (non-hydrogen) atoms. The van der Waals surface area contributed by atoms with Gasteiger partial charge in [0.1, 0.15) is 0 Å². The van der Waals surface area contributed by atoms with E-state index >= 15 is 0 Å². The molecule has 1 aliphatic rings. The van der Waals surface area contributed by atoms with E-state index in [1.807, 2.05) is 11.3 Å². The van der Waals surface area contributed by atoms with Crippen LogP contribution in [0.2, 0.25) is 0 Å². The summed E-state index contributed by atoms with van der Waals surface area (Å²) < 4.78 is 1.20. The maximum absolute atomic E-state index is 3.56. The highest BCUT2D eigenvalue weighted by molar-refractivity contribution is 9.11. The molecule has 1 fully saturated rings. The van der Waals surface area contributed by atoms with Crippen LogP contribution in [0, 0.1) is 0 Å². The lowest BCUT2D eigenvalue weighted by atomic mass is 9.90. The lowest BCUT2D eigenvalue weighted by Crippen LogP contribution is -2.57. The third-order valence-electron chi connectivity index (χ3n) is 3.81. The van der Waals surface area contributed by atoms with Crippen LogP contribution in [0.5, 0.6) is 0 Å². The van der Waals surface area contributed by atoms with Crippen molar-refractivity contribution in [2.45, 2.75) is 25.4 Å². The van der Waals surface area contributed by atoms with Crippen molar-refractivity contribution >= 4 is 27.3 Å². The van der Waals surface area contributed by atoms with Gasteiger partial charge in [-0.15, -0.1) is 11.3 Å². The Morgan fingerprint density at radius 1 is 1.39 bits per heavy atom. The van der Waals surface area contributed by atoms with Crippen molar-refractivity contribution in [3.63, 3.8) is 0 Å². The summed E-state index contributed by atoms with van der Waals surface area (Å²) in [6.07, 6.45) is 0. The van der Waals surface area contributed by atoms with Crippen LogP contribution in [0.3, 0.4) is 0 Å². The lowest BCUT2D eigenvalue weighted by molar-refractivity contribution is 0.0710. The third-order valence-corrected chi connectivity index (χ3v) is 5.49. The minimum atomic E-state index is 0.126. The van der Waals surface area contributed by atoms with Gasteiger partial charge in [-0.25, -0.2) is 0 Å². The van der Waals surface area contributed by atoms with E-state index in [0.717, 1.165) is 26.2 Å². The van der Waals surface area contributed by atoms with E-state index in [9.17, 15) is 0 Å². The molecule has 1 aromatic heterocycles. The standard InChI is InChI=1S/C13H22BrN3S/c1-13(2,17-8-6-16-7-9-17)12(15-3)10-4-5-11(14)18-10/h4-5,12,15-16H,6-9H2,1-3H3. The van der Waals surface area contributed by atoms with Gasteiger partial charge in [0.05, 0.1) is 9.83 Å². The highest BCUT2D eigenvalue weighted by Gasteiger charge is 2.36. The normalized spacial score (nSPS) is 20.0. The summed E-state index contributed by atoms with van der Waals surface area (Å²) in [5.74, 6) is 0. The van der Waals surface area contributed by atoms with Crippen LogP contribution in [0.15, 0.2) is 15.9 Å². The Hall–Kier alpha value is 0.0600. The molecule has 1 aromatic rings. The van der Waals surface area contributed by atoms with E-state index in [4.69, 9.17) is 0 Å². The van der Waals surface area contributed by atoms with Gasteiger partial charge in [-0.1, -0.05) is 0 Å². The molecule has 2 rings (SSSR count). The van der Waals surface area contributed by atoms with Gasteiger partial charge in [-0.3, -0.25) is 4.90 Å². The van der Waals surface area contributed by atoms with Crippen molar-refractivity contribution in [2.75, 3.05) is 33.2 Å². The van der Waals surface area contributed by atoms with Gasteiger partial charge in [0.15, 0.2) is 0 Å². The summed E-state index contributed by atoms with van der Waals surface area (Å²) in [4.78, 5) is 3.98. The summed E-state index contributed by atoms with van der Waals surface area (Å²) in [7, 11) is 2.06. The number of rotatable bonds is 4. The number of halogens is 1. The molecule has 0 bridgehead atoms. The second-order valence-electron chi connectivity index (χ2n) is 5.25. The van der Waals surface area contributed by atoms with Gasteiger partial charge >= 0.3 is 0 Å². The van der Waals surface area contributed by atoms with Crippen LogP contribution >= 0.6 is 27.3 Å². The van der Waals surface area contributed by atoms with Crippen molar-refractivity contribution in [1.29, 1.82) is 0 Å². The number of piperazine rings is 1. The molecule has 0 radical (unpaired) electrons. The first-order valence-corrected chi connectivity index (χ1v) is 8.05. The Morgan fingerprint density at radius 3 is 2.56 bits per heavy atom. The van der Waals surface area contributed by atoms with Gasteiger partial charge in [-0.2, -0.15) is 0 Å². The second-order valence-corrected chi connectivity index (χ2v) is 7.75. The zero-order valence-corrected chi connectivity index (χ0v) is 13.7. The maximum atomic E-state index is 3.56. The van der Waals surface area contributed by atoms with Crippen LogP contribution in [0.4, 0.5) is 0 Å². The van der Waals surface area contributed by atoms with E-state index in [1.165, 1.54) is 8.66 Å². The topological polar surface area (TPSA) is 27.3 Å². The SMILES string of the molecule is CNC(c1ccc(Br)s1)C(C)(C)N1CCNCC1. The Bertz CT molecular complexity index is 385. The average molecular weight is 332 g/mol. The summed E-state index contributed by atoms with van der Waals surface area (Å²) >= 11 is 5.38. The first-order chi connectivity index (χ1) is 8.55. The number of nitrogens with zero attached hydrogens (tertiary/aromatic N) is 1. The molecule has 102 valence electrons. The van der Waals surface area contributed by atoms with Gasteiger partial charge < -0.3 is 10.6 Å². The molecule has 2 N–H and O–H groups in total. The molecule has 3 nitrogen and oxygen atoms in total. The first kappa shape index (κ1) is 14.5. The fraction of sp³-hybridized carbons (Fsp3) is 0.692. The Labute approximate surface area is 122 Å². The van der Waals surface area contributed by atoms with Crippen LogP contribution < -0.4 is 10.6 Å². The van der Waals surface area contributed by atoms with Gasteiger partial charge in [0.2, 0.25) is 0 Å². The minimum absolute atomic E-state index is 0.126. The highest BCUT2D eigenvalue weighted by Crippen LogP contribution is 2.36. The van der Waals surface area contributed by atoms with E-state index in [2.05, 4.69) is 64.5 Å². The number of hydrogen-bond donors (Lipinski definition) is 2. The fourth-order valence-corrected chi connectivity index (χ4v) is 4.47. The first-order valence-electron chi connectivity index (χ1n) is 6.44. The third kappa shape index (κ3) is 2.96. The smallest absolute Gasteiger partial charge is 0.0702 e. The second kappa shape index (κ2) is 6.01. The van der Waals surface area contributed by atoms with Crippen molar-refractivity contribution in [3.05, 3.63) is 20.8 Å². The monoisotopic (exact) mass is 331 g/mol. The predicted molar refractivity (Wildman–Crippen MR) is 82.3 cm³/mol. The molecule has 2 heterocycles. The van der Waals surface area contributed by atoms with Crippen molar-refractivity contribution in [3.8, 4) is 0 Å². The van der Waals surface area contributed by atoms with Crippen LogP contribution in [-0.2, 0) is 0 Å². The molecule has 0 saturated carbocycles. The Kier molecular flexibility index (Phi) is 4.83. The molecule has 0 amide bonds. The number of thiophene rings is 1. The molecule has 5 heteroatoms. The number of hydrogen-bond acceptors (Lipinski definition) is 4. The minimum Gasteiger partial charge on any atom is -0.314 e. The van der Waals surface area contributed by atoms with E-state index < -0.39 is 0 Å². The van der Waals surface area contributed by atoms with Crippen molar-refractivity contribution < 1.29 is 0 Å². The summed E-state index contributed by atoms with van der Waals surface area (Å²) in [6.45, 7) is 9.11. The molecule has 0 aliphatic carbocycles. The average Bonchev–Trinajstić information content (AvgIpc) is 2.77. The zero-order chi connectivity index (χ0) is 13.2. The molecule has 0 aromatic carbocycles. The van der Waals surface area contributed by atoms with Crippen LogP contribution in [0.1, 0.15) is 24.8 Å². The fourth-order valence-electron chi connectivity index (χ4n) is 2.75. The molecular formula is C13H22BrN3S. The molecule has 1 aliphatic heterocycles. The Morgan fingerprint density at radius 2 is 2.06 bits per heavy atom. The molecular weight excluding hydrogens is 310 g/mol. The summed E-state index contributed by atoms with van der Waals surface area (Å²) in [5.41, 5.74) is 0.126. The Balaban J connectivity index is 2.19. The lowest BCUT2D eigenvalue weighted by Gasteiger charge is -2.45. The van der Waals surface area contributed by atoms with E-state index in [-0.39, 0.29) is 5.54 Å². The molecule has 1 unspecified atom stereocenters. The van der Waals surface area contributed by atoms with Crippen molar-refractivity contribution in [1.82, 2.24) is 15.5 Å². The maximum Gasteiger partial charge on any atom is 0.0702 e. The van der Waals surface area contributed by atoms with Gasteiger partial charge in [-0.05, 0) is 49.0 Å². The summed E-state index contributed by atoms with van der Waals surface area (Å²) in [5, 5.41) is 6.92. The molecule has 1 atom stereocenters. The quantitative estimate of drug-likeness (QED) is 0.887. The number of nitrogens with one attached hydrogen (secondary N) is 2.